The number of pyridine rings is 1. The maximum atomic E-state index is 13.6. The normalized spacial score (nSPS) is 13.4. The van der Waals surface area contributed by atoms with Crippen molar-refractivity contribution >= 4 is 16.4 Å². The van der Waals surface area contributed by atoms with E-state index in [1.165, 1.54) is 12.3 Å². The van der Waals surface area contributed by atoms with E-state index in [-0.39, 0.29) is 21.9 Å². The third-order valence-electron chi connectivity index (χ3n) is 3.95. The number of halogens is 6. The van der Waals surface area contributed by atoms with Crippen molar-refractivity contribution in [2.75, 3.05) is 12.9 Å². The Balaban J connectivity index is 2.15. The van der Waals surface area contributed by atoms with Crippen LogP contribution in [0.1, 0.15) is 5.69 Å². The van der Waals surface area contributed by atoms with Crippen molar-refractivity contribution in [3.63, 3.8) is 0 Å². The minimum Gasteiger partial charge on any atom is -0.484 e. The Hall–Kier alpha value is -2.89. The van der Waals surface area contributed by atoms with Crippen LogP contribution in [-0.4, -0.2) is 32.6 Å². The summed E-state index contributed by atoms with van der Waals surface area (Å²) in [6.07, 6.45) is -7.09. The minimum atomic E-state index is -4.99. The number of aromatic nitrogens is 2. The number of fused-ring (bicyclic) bond motifs is 1. The van der Waals surface area contributed by atoms with Crippen LogP contribution >= 0.6 is 0 Å². The third-order valence-corrected chi connectivity index (χ3v) is 4.87. The van der Waals surface area contributed by atoms with E-state index >= 15 is 0 Å². The van der Waals surface area contributed by atoms with E-state index in [0.717, 1.165) is 40.9 Å². The Morgan fingerprint density at radius 3 is 2.23 bits per heavy atom. The van der Waals surface area contributed by atoms with Gasteiger partial charge in [-0.25, -0.2) is 4.98 Å². The number of hydrogen-bond donors (Lipinski definition) is 0. The lowest BCUT2D eigenvalue weighted by Gasteiger charge is -2.14. The Morgan fingerprint density at radius 2 is 1.70 bits per heavy atom. The molecule has 1 aromatic carbocycles. The van der Waals surface area contributed by atoms with Gasteiger partial charge in [-0.2, -0.15) is 26.3 Å². The molecular formula is C18H12F6N2O3S. The first-order valence-corrected chi connectivity index (χ1v) is 9.69. The molecule has 0 saturated carbocycles. The lowest BCUT2D eigenvalue weighted by molar-refractivity contribution is -0.153. The topological polar surface area (TPSA) is 60.7 Å². The van der Waals surface area contributed by atoms with E-state index in [1.807, 2.05) is 0 Å². The van der Waals surface area contributed by atoms with Crippen molar-refractivity contribution in [2.45, 2.75) is 17.2 Å². The van der Waals surface area contributed by atoms with Crippen LogP contribution in [0.4, 0.5) is 26.3 Å². The Labute approximate surface area is 167 Å². The molecule has 30 heavy (non-hydrogen) atoms. The molecule has 0 saturated heterocycles. The maximum absolute atomic E-state index is 13.6. The number of nitrogens with zero attached hydrogens (tertiary/aromatic N) is 2. The number of benzene rings is 1. The lowest BCUT2D eigenvalue weighted by atomic mass is 10.0. The van der Waals surface area contributed by atoms with E-state index in [9.17, 15) is 35.3 Å². The second-order valence-electron chi connectivity index (χ2n) is 6.11. The number of hydrogen-bond acceptors (Lipinski definition) is 4. The van der Waals surface area contributed by atoms with Gasteiger partial charge < -0.3 is 4.74 Å². The number of ether oxygens (including phenoxy) is 1. The van der Waals surface area contributed by atoms with Crippen molar-refractivity contribution in [1.29, 1.82) is 0 Å². The molecule has 0 N–H and O–H groups in total. The van der Waals surface area contributed by atoms with Gasteiger partial charge in [0.1, 0.15) is 11.4 Å². The van der Waals surface area contributed by atoms with E-state index in [4.69, 9.17) is 0 Å². The molecule has 0 amide bonds. The molecule has 5 nitrogen and oxygen atoms in total. The van der Waals surface area contributed by atoms with E-state index in [2.05, 4.69) is 9.72 Å². The molecule has 0 fully saturated rings. The summed E-state index contributed by atoms with van der Waals surface area (Å²) >= 11 is 0. The quantitative estimate of drug-likeness (QED) is 0.563. The van der Waals surface area contributed by atoms with Crippen molar-refractivity contribution in [2.24, 2.45) is 0 Å². The molecule has 12 heteroatoms. The second-order valence-corrected chi connectivity index (χ2v) is 7.49. The molecule has 2 heterocycles. The van der Waals surface area contributed by atoms with E-state index in [0.29, 0.717) is 0 Å². The Bertz CT molecular complexity index is 1170. The van der Waals surface area contributed by atoms with Gasteiger partial charge in [0.15, 0.2) is 12.3 Å². The maximum Gasteiger partial charge on any atom is 0.434 e. The van der Waals surface area contributed by atoms with Crippen LogP contribution in [0.15, 0.2) is 52.3 Å². The van der Waals surface area contributed by atoms with Crippen LogP contribution in [0.5, 0.6) is 5.75 Å². The fourth-order valence-electron chi connectivity index (χ4n) is 2.65. The van der Waals surface area contributed by atoms with Crippen LogP contribution < -0.4 is 10.3 Å². The molecule has 0 bridgehead atoms. The van der Waals surface area contributed by atoms with Crippen molar-refractivity contribution in [1.82, 2.24) is 9.38 Å². The predicted molar refractivity (Wildman–Crippen MR) is 95.8 cm³/mol. The van der Waals surface area contributed by atoms with Gasteiger partial charge in [-0.05, 0) is 29.8 Å². The zero-order chi connectivity index (χ0) is 22.3. The highest BCUT2D eigenvalue weighted by atomic mass is 32.2. The molecule has 0 spiro atoms. The number of rotatable bonds is 4. The van der Waals surface area contributed by atoms with Crippen molar-refractivity contribution < 1.29 is 35.3 Å². The molecule has 0 unspecified atom stereocenters. The molecule has 0 radical (unpaired) electrons. The predicted octanol–water partition coefficient (Wildman–Crippen LogP) is 4.06. The van der Waals surface area contributed by atoms with Gasteiger partial charge in [-0.1, -0.05) is 12.1 Å². The molecule has 0 aliphatic rings. The highest BCUT2D eigenvalue weighted by molar-refractivity contribution is 7.84. The summed E-state index contributed by atoms with van der Waals surface area (Å²) in [6, 6.07) is 6.57. The summed E-state index contributed by atoms with van der Waals surface area (Å²) in [6.45, 7) is -1.57. The Morgan fingerprint density at radius 1 is 1.07 bits per heavy atom. The van der Waals surface area contributed by atoms with Crippen molar-refractivity contribution in [3.05, 3.63) is 58.6 Å². The third kappa shape index (κ3) is 4.64. The first-order valence-electron chi connectivity index (χ1n) is 8.14. The smallest absolute Gasteiger partial charge is 0.434 e. The van der Waals surface area contributed by atoms with Crippen LogP contribution in [-0.2, 0) is 17.0 Å². The second kappa shape index (κ2) is 7.74. The first kappa shape index (κ1) is 21.8. The van der Waals surface area contributed by atoms with Gasteiger partial charge in [-0.3, -0.25) is 13.4 Å². The van der Waals surface area contributed by atoms with Crippen LogP contribution in [0.3, 0.4) is 0 Å². The van der Waals surface area contributed by atoms with Crippen molar-refractivity contribution in [3.8, 4) is 16.9 Å². The van der Waals surface area contributed by atoms with Gasteiger partial charge in [0.25, 0.3) is 5.56 Å². The van der Waals surface area contributed by atoms with E-state index < -0.39 is 46.6 Å². The molecular weight excluding hydrogens is 438 g/mol. The average Bonchev–Trinajstić information content (AvgIpc) is 2.65. The average molecular weight is 450 g/mol. The van der Waals surface area contributed by atoms with Gasteiger partial charge in [0, 0.05) is 28.1 Å². The first-order chi connectivity index (χ1) is 13.9. The van der Waals surface area contributed by atoms with Crippen LogP contribution in [0.25, 0.3) is 16.8 Å². The SMILES string of the molecule is C[S@](=O)c1ccn2c(=O)c(-c3ccc(OCC(F)(F)F)cc3)c(C(F)(F)F)nc2c1. The zero-order valence-electron chi connectivity index (χ0n) is 15.0. The standard InChI is InChI=1S/C18H12F6N2O3S/c1-30(28)12-6-7-26-13(8-12)25-15(18(22,23)24)14(16(26)27)10-2-4-11(5-3-10)29-9-17(19,20)21/h2-8H,9H2,1H3/t30-/m0/s1. The zero-order valence-corrected chi connectivity index (χ0v) is 15.9. The van der Waals surface area contributed by atoms with Gasteiger partial charge in [0.05, 0.1) is 5.56 Å². The van der Waals surface area contributed by atoms with Crippen LogP contribution in [0, 0.1) is 0 Å². The summed E-state index contributed by atoms with van der Waals surface area (Å²) in [4.78, 5) is 16.5. The molecule has 0 aliphatic heterocycles. The fraction of sp³-hybridized carbons (Fsp3) is 0.222. The monoisotopic (exact) mass is 450 g/mol. The van der Waals surface area contributed by atoms with Crippen LogP contribution in [0.2, 0.25) is 0 Å². The largest absolute Gasteiger partial charge is 0.484 e. The lowest BCUT2D eigenvalue weighted by Crippen LogP contribution is -2.24. The summed E-state index contributed by atoms with van der Waals surface area (Å²) < 4.78 is 94.5. The molecule has 3 aromatic rings. The summed E-state index contributed by atoms with van der Waals surface area (Å²) in [7, 11) is -1.50. The summed E-state index contributed by atoms with van der Waals surface area (Å²) in [5.41, 5.74) is -3.81. The molecule has 2 aromatic heterocycles. The highest BCUT2D eigenvalue weighted by Crippen LogP contribution is 2.35. The molecule has 3 rings (SSSR count). The van der Waals surface area contributed by atoms with Gasteiger partial charge >= 0.3 is 12.4 Å². The van der Waals surface area contributed by atoms with E-state index in [1.54, 1.807) is 0 Å². The summed E-state index contributed by atoms with van der Waals surface area (Å²) in [5, 5.41) is 0. The van der Waals surface area contributed by atoms with Gasteiger partial charge in [-0.15, -0.1) is 0 Å². The molecule has 1 atom stereocenters. The number of alkyl halides is 6. The van der Waals surface area contributed by atoms with Gasteiger partial charge in [0.2, 0.25) is 0 Å². The molecule has 0 aliphatic carbocycles. The highest BCUT2D eigenvalue weighted by Gasteiger charge is 2.38. The fourth-order valence-corrected chi connectivity index (χ4v) is 3.17. The minimum absolute atomic E-state index is 0.189. The molecule has 160 valence electrons. The Kier molecular flexibility index (Phi) is 5.63. The summed E-state index contributed by atoms with van der Waals surface area (Å²) in [5.74, 6) is -0.228.